The topological polar surface area (TPSA) is 34.1 Å². The van der Waals surface area contributed by atoms with Crippen LogP contribution in [-0.2, 0) is 6.42 Å². The van der Waals surface area contributed by atoms with Crippen molar-refractivity contribution in [2.45, 2.75) is 39.7 Å². The number of hydrogen-bond donors (Lipinski definition) is 1. The quantitative estimate of drug-likeness (QED) is 0.838. The number of nitrogens with one attached hydrogen (secondary N) is 1. The Morgan fingerprint density at radius 1 is 1.33 bits per heavy atom. The molecule has 114 valence electrons. The lowest BCUT2D eigenvalue weighted by Crippen LogP contribution is -2.23. The van der Waals surface area contributed by atoms with E-state index in [0.717, 1.165) is 30.1 Å². The second-order valence-electron chi connectivity index (χ2n) is 5.31. The molecule has 0 spiro atoms. The Labute approximate surface area is 131 Å². The van der Waals surface area contributed by atoms with Gasteiger partial charge in [-0.25, -0.2) is 4.98 Å². The van der Waals surface area contributed by atoms with Crippen LogP contribution in [0.3, 0.4) is 0 Å². The highest BCUT2D eigenvalue weighted by Crippen LogP contribution is 2.28. The first kappa shape index (κ1) is 16.0. The van der Waals surface area contributed by atoms with Gasteiger partial charge in [-0.05, 0) is 44.9 Å². The van der Waals surface area contributed by atoms with Gasteiger partial charge >= 0.3 is 0 Å². The van der Waals surface area contributed by atoms with Gasteiger partial charge in [0.1, 0.15) is 5.75 Å². The minimum atomic E-state index is 0.298. The molecule has 0 aliphatic carbocycles. The molecule has 1 heterocycles. The van der Waals surface area contributed by atoms with Gasteiger partial charge in [-0.15, -0.1) is 11.3 Å². The van der Waals surface area contributed by atoms with Gasteiger partial charge in [0.15, 0.2) is 0 Å². The number of benzene rings is 1. The molecule has 1 aromatic heterocycles. The molecule has 0 saturated heterocycles. The van der Waals surface area contributed by atoms with Crippen LogP contribution < -0.4 is 10.1 Å². The molecule has 1 unspecified atom stereocenters. The van der Waals surface area contributed by atoms with Gasteiger partial charge in [-0.1, -0.05) is 24.6 Å². The Balaban J connectivity index is 2.24. The number of nitrogens with zero attached hydrogens (tertiary/aromatic N) is 1. The maximum atomic E-state index is 5.51. The van der Waals surface area contributed by atoms with E-state index in [-0.39, 0.29) is 0 Å². The van der Waals surface area contributed by atoms with E-state index in [1.54, 1.807) is 18.4 Å². The number of aryl methyl sites for hydroxylation is 2. The summed E-state index contributed by atoms with van der Waals surface area (Å²) in [6, 6.07) is 6.66. The number of methoxy groups -OCH3 is 1. The highest BCUT2D eigenvalue weighted by atomic mass is 32.1. The van der Waals surface area contributed by atoms with Crippen LogP contribution in [-0.4, -0.2) is 18.6 Å². The molecular formula is C17H24N2OS. The fourth-order valence-electron chi connectivity index (χ4n) is 2.42. The summed E-state index contributed by atoms with van der Waals surface area (Å²) in [5.74, 6) is 0.963. The summed E-state index contributed by atoms with van der Waals surface area (Å²) in [6.07, 6.45) is 4.04. The van der Waals surface area contributed by atoms with Crippen molar-refractivity contribution in [2.24, 2.45) is 0 Å². The van der Waals surface area contributed by atoms with Gasteiger partial charge in [-0.3, -0.25) is 0 Å². The smallest absolute Gasteiger partial charge is 0.122 e. The molecule has 2 rings (SSSR count). The number of ether oxygens (including phenoxy) is 1. The maximum Gasteiger partial charge on any atom is 0.122 e. The molecule has 0 radical (unpaired) electrons. The van der Waals surface area contributed by atoms with E-state index in [0.29, 0.717) is 6.04 Å². The molecule has 0 amide bonds. The first-order valence-corrected chi connectivity index (χ1v) is 8.25. The molecule has 1 N–H and O–H groups in total. The van der Waals surface area contributed by atoms with Crippen LogP contribution in [0, 0.1) is 13.8 Å². The lowest BCUT2D eigenvalue weighted by atomic mass is 10.0. The van der Waals surface area contributed by atoms with E-state index in [4.69, 9.17) is 4.74 Å². The van der Waals surface area contributed by atoms with Crippen molar-refractivity contribution in [1.29, 1.82) is 0 Å². The largest absolute Gasteiger partial charge is 0.496 e. The predicted octanol–water partition coefficient (Wildman–Crippen LogP) is 4.05. The van der Waals surface area contributed by atoms with E-state index in [9.17, 15) is 0 Å². The van der Waals surface area contributed by atoms with Crippen LogP contribution in [0.2, 0.25) is 0 Å². The molecule has 0 saturated carbocycles. The van der Waals surface area contributed by atoms with Gasteiger partial charge < -0.3 is 10.1 Å². The molecule has 0 aliphatic heterocycles. The molecule has 21 heavy (non-hydrogen) atoms. The van der Waals surface area contributed by atoms with Gasteiger partial charge in [-0.2, -0.15) is 0 Å². The molecular weight excluding hydrogens is 280 g/mol. The van der Waals surface area contributed by atoms with Crippen LogP contribution >= 0.6 is 11.3 Å². The third-order valence-electron chi connectivity index (χ3n) is 3.48. The fourth-order valence-corrected chi connectivity index (χ4v) is 3.28. The number of thiazole rings is 1. The first-order valence-electron chi connectivity index (χ1n) is 7.43. The molecule has 0 bridgehead atoms. The summed E-state index contributed by atoms with van der Waals surface area (Å²) in [6.45, 7) is 7.37. The summed E-state index contributed by atoms with van der Waals surface area (Å²) < 4.78 is 5.51. The molecule has 2 aromatic rings. The third-order valence-corrected chi connectivity index (χ3v) is 4.51. The number of hydrogen-bond acceptors (Lipinski definition) is 4. The first-order chi connectivity index (χ1) is 10.1. The van der Waals surface area contributed by atoms with Crippen molar-refractivity contribution in [1.82, 2.24) is 10.3 Å². The second kappa shape index (κ2) is 7.57. The van der Waals surface area contributed by atoms with Gasteiger partial charge in [0.25, 0.3) is 0 Å². The lowest BCUT2D eigenvalue weighted by Gasteiger charge is -2.19. The molecule has 0 aliphatic rings. The van der Waals surface area contributed by atoms with E-state index in [2.05, 4.69) is 49.3 Å². The molecule has 3 nitrogen and oxygen atoms in total. The van der Waals surface area contributed by atoms with Crippen molar-refractivity contribution < 1.29 is 4.74 Å². The summed E-state index contributed by atoms with van der Waals surface area (Å²) in [7, 11) is 1.74. The van der Waals surface area contributed by atoms with Gasteiger partial charge in [0.2, 0.25) is 0 Å². The van der Waals surface area contributed by atoms with E-state index in [1.807, 2.05) is 6.20 Å². The Morgan fingerprint density at radius 3 is 2.76 bits per heavy atom. The molecule has 0 fully saturated rings. The molecule has 1 aromatic carbocycles. The molecule has 4 heteroatoms. The van der Waals surface area contributed by atoms with Crippen LogP contribution in [0.1, 0.15) is 40.4 Å². The average Bonchev–Trinajstić information content (AvgIpc) is 2.90. The normalized spacial score (nSPS) is 12.4. The summed E-state index contributed by atoms with van der Waals surface area (Å²) in [4.78, 5) is 5.69. The van der Waals surface area contributed by atoms with Gasteiger partial charge in [0.05, 0.1) is 12.1 Å². The minimum Gasteiger partial charge on any atom is -0.496 e. The molecule has 1 atom stereocenters. The monoisotopic (exact) mass is 304 g/mol. The zero-order valence-electron chi connectivity index (χ0n) is 13.3. The predicted molar refractivity (Wildman–Crippen MR) is 89.3 cm³/mol. The summed E-state index contributed by atoms with van der Waals surface area (Å²) in [5.41, 5.74) is 2.51. The fraction of sp³-hybridized carbons (Fsp3) is 0.471. The van der Waals surface area contributed by atoms with Crippen molar-refractivity contribution in [3.63, 3.8) is 0 Å². The Kier molecular flexibility index (Phi) is 5.76. The summed E-state index contributed by atoms with van der Waals surface area (Å²) in [5, 5.41) is 4.75. The standard InChI is InChI=1S/C17H24N2OS/c1-5-8-18-15(17-11-19-13(3)21-17)10-14-9-12(2)6-7-16(14)20-4/h6-7,9,11,15,18H,5,8,10H2,1-4H3. The van der Waals surface area contributed by atoms with Crippen molar-refractivity contribution in [3.05, 3.63) is 45.4 Å². The highest BCUT2D eigenvalue weighted by molar-refractivity contribution is 7.11. The van der Waals surface area contributed by atoms with Crippen LogP contribution in [0.25, 0.3) is 0 Å². The number of rotatable bonds is 7. The maximum absolute atomic E-state index is 5.51. The van der Waals surface area contributed by atoms with Crippen molar-refractivity contribution in [2.75, 3.05) is 13.7 Å². The van der Waals surface area contributed by atoms with E-state index in [1.165, 1.54) is 16.0 Å². The minimum absolute atomic E-state index is 0.298. The Bertz CT molecular complexity index is 580. The lowest BCUT2D eigenvalue weighted by molar-refractivity contribution is 0.405. The zero-order valence-corrected chi connectivity index (χ0v) is 14.1. The average molecular weight is 304 g/mol. The highest BCUT2D eigenvalue weighted by Gasteiger charge is 2.16. The Morgan fingerprint density at radius 2 is 2.14 bits per heavy atom. The van der Waals surface area contributed by atoms with E-state index >= 15 is 0 Å². The number of aromatic nitrogens is 1. The second-order valence-corrected chi connectivity index (χ2v) is 6.57. The van der Waals surface area contributed by atoms with Crippen LogP contribution in [0.15, 0.2) is 24.4 Å². The third kappa shape index (κ3) is 4.29. The Hall–Kier alpha value is -1.39. The van der Waals surface area contributed by atoms with Gasteiger partial charge in [0, 0.05) is 17.1 Å². The van der Waals surface area contributed by atoms with Crippen LogP contribution in [0.4, 0.5) is 0 Å². The zero-order chi connectivity index (χ0) is 15.2. The van der Waals surface area contributed by atoms with Crippen LogP contribution in [0.5, 0.6) is 5.75 Å². The van der Waals surface area contributed by atoms with Crippen molar-refractivity contribution in [3.8, 4) is 5.75 Å². The van der Waals surface area contributed by atoms with Crippen molar-refractivity contribution >= 4 is 11.3 Å². The van der Waals surface area contributed by atoms with E-state index < -0.39 is 0 Å². The summed E-state index contributed by atoms with van der Waals surface area (Å²) >= 11 is 1.77. The SMILES string of the molecule is CCCNC(Cc1cc(C)ccc1OC)c1cnc(C)s1.